The maximum Gasteiger partial charge on any atom is 0.272 e. The van der Waals surface area contributed by atoms with E-state index in [1.165, 1.54) is 30.5 Å². The number of ether oxygens (including phenoxy) is 1. The van der Waals surface area contributed by atoms with Crippen molar-refractivity contribution >= 4 is 11.6 Å². The predicted molar refractivity (Wildman–Crippen MR) is 88.8 cm³/mol. The Balaban J connectivity index is 1.67. The SMILES string of the molecule is Cc1ccc(C(=O)Nc2ccc(Oc3ccc(F)cc3)nc2)n1C. The summed E-state index contributed by atoms with van der Waals surface area (Å²) in [6.07, 6.45) is 1.51. The molecule has 1 aromatic carbocycles. The fourth-order valence-corrected chi connectivity index (χ4v) is 2.17. The quantitative estimate of drug-likeness (QED) is 0.791. The van der Waals surface area contributed by atoms with E-state index in [0.717, 1.165) is 5.69 Å². The van der Waals surface area contributed by atoms with Gasteiger partial charge in [0.15, 0.2) is 0 Å². The molecular formula is C18H16FN3O2. The molecule has 1 N–H and O–H groups in total. The molecule has 0 aliphatic rings. The average Bonchev–Trinajstić information content (AvgIpc) is 2.91. The van der Waals surface area contributed by atoms with Crippen molar-refractivity contribution in [2.75, 3.05) is 5.32 Å². The minimum absolute atomic E-state index is 0.209. The van der Waals surface area contributed by atoms with Gasteiger partial charge >= 0.3 is 0 Å². The van der Waals surface area contributed by atoms with Gasteiger partial charge in [-0.15, -0.1) is 0 Å². The van der Waals surface area contributed by atoms with Crippen LogP contribution in [0.1, 0.15) is 16.2 Å². The molecule has 24 heavy (non-hydrogen) atoms. The summed E-state index contributed by atoms with van der Waals surface area (Å²) in [4.78, 5) is 16.4. The van der Waals surface area contributed by atoms with Crippen LogP contribution in [0, 0.1) is 12.7 Å². The molecule has 0 radical (unpaired) electrons. The fraction of sp³-hybridized carbons (Fsp3) is 0.111. The van der Waals surface area contributed by atoms with Crippen molar-refractivity contribution in [1.29, 1.82) is 0 Å². The van der Waals surface area contributed by atoms with Crippen LogP contribution in [0.2, 0.25) is 0 Å². The molecule has 0 unspecified atom stereocenters. The fourth-order valence-electron chi connectivity index (χ4n) is 2.17. The maximum atomic E-state index is 12.9. The summed E-state index contributed by atoms with van der Waals surface area (Å²) in [5.74, 6) is 0.304. The molecule has 0 aliphatic heterocycles. The molecule has 2 heterocycles. The average molecular weight is 325 g/mol. The molecule has 6 heteroatoms. The first kappa shape index (κ1) is 15.7. The van der Waals surface area contributed by atoms with Crippen LogP contribution in [0.4, 0.5) is 10.1 Å². The number of amides is 1. The first-order valence-corrected chi connectivity index (χ1v) is 7.36. The third kappa shape index (κ3) is 3.43. The molecule has 5 nitrogen and oxygen atoms in total. The summed E-state index contributed by atoms with van der Waals surface area (Å²) in [6.45, 7) is 1.93. The zero-order valence-electron chi connectivity index (χ0n) is 13.3. The molecule has 3 aromatic rings. The highest BCUT2D eigenvalue weighted by Gasteiger charge is 2.11. The highest BCUT2D eigenvalue weighted by molar-refractivity contribution is 6.03. The molecule has 0 spiro atoms. The summed E-state index contributed by atoms with van der Waals surface area (Å²) in [6, 6.07) is 12.6. The summed E-state index contributed by atoms with van der Waals surface area (Å²) in [7, 11) is 1.84. The topological polar surface area (TPSA) is 56.1 Å². The van der Waals surface area contributed by atoms with E-state index in [1.807, 2.05) is 24.6 Å². The molecule has 0 fully saturated rings. The summed E-state index contributed by atoms with van der Waals surface area (Å²) < 4.78 is 20.2. The molecular weight excluding hydrogens is 309 g/mol. The Morgan fingerprint density at radius 2 is 1.88 bits per heavy atom. The minimum atomic E-state index is -0.329. The lowest BCUT2D eigenvalue weighted by molar-refractivity contribution is 0.101. The van der Waals surface area contributed by atoms with Gasteiger partial charge in [-0.3, -0.25) is 4.79 Å². The van der Waals surface area contributed by atoms with E-state index >= 15 is 0 Å². The summed E-state index contributed by atoms with van der Waals surface area (Å²) in [5.41, 5.74) is 2.13. The van der Waals surface area contributed by atoms with Gasteiger partial charge in [-0.2, -0.15) is 0 Å². The van der Waals surface area contributed by atoms with Crippen LogP contribution in [0.25, 0.3) is 0 Å². The second-order valence-corrected chi connectivity index (χ2v) is 5.31. The third-order valence-corrected chi connectivity index (χ3v) is 3.64. The predicted octanol–water partition coefficient (Wildman–Crippen LogP) is 3.91. The highest BCUT2D eigenvalue weighted by Crippen LogP contribution is 2.21. The van der Waals surface area contributed by atoms with E-state index in [1.54, 1.807) is 18.2 Å². The largest absolute Gasteiger partial charge is 0.439 e. The summed E-state index contributed by atoms with van der Waals surface area (Å²) >= 11 is 0. The second kappa shape index (κ2) is 6.54. The van der Waals surface area contributed by atoms with Crippen LogP contribution < -0.4 is 10.1 Å². The van der Waals surface area contributed by atoms with Crippen molar-refractivity contribution in [2.24, 2.45) is 7.05 Å². The molecule has 0 atom stereocenters. The van der Waals surface area contributed by atoms with Crippen LogP contribution in [0.3, 0.4) is 0 Å². The number of carbonyl (C=O) groups excluding carboxylic acids is 1. The number of carbonyl (C=O) groups is 1. The number of aryl methyl sites for hydroxylation is 1. The Labute approximate surface area is 138 Å². The van der Waals surface area contributed by atoms with Gasteiger partial charge in [0.1, 0.15) is 17.3 Å². The number of hydrogen-bond donors (Lipinski definition) is 1. The summed E-state index contributed by atoms with van der Waals surface area (Å²) in [5, 5.41) is 2.78. The van der Waals surface area contributed by atoms with Crippen molar-refractivity contribution in [1.82, 2.24) is 9.55 Å². The second-order valence-electron chi connectivity index (χ2n) is 5.31. The van der Waals surface area contributed by atoms with Crippen molar-refractivity contribution in [3.8, 4) is 11.6 Å². The number of anilines is 1. The zero-order valence-corrected chi connectivity index (χ0v) is 13.3. The lowest BCUT2D eigenvalue weighted by Gasteiger charge is -2.08. The van der Waals surface area contributed by atoms with E-state index in [-0.39, 0.29) is 11.7 Å². The molecule has 0 saturated heterocycles. The Bertz CT molecular complexity index is 855. The number of hydrogen-bond acceptors (Lipinski definition) is 3. The number of nitrogens with zero attached hydrogens (tertiary/aromatic N) is 2. The Hall–Kier alpha value is -3.15. The maximum absolute atomic E-state index is 12.9. The molecule has 0 bridgehead atoms. The van der Waals surface area contributed by atoms with Gasteiger partial charge in [-0.1, -0.05) is 0 Å². The first-order valence-electron chi connectivity index (χ1n) is 7.36. The van der Waals surface area contributed by atoms with Crippen LogP contribution in [0.15, 0.2) is 54.7 Å². The monoisotopic (exact) mass is 325 g/mol. The highest BCUT2D eigenvalue weighted by atomic mass is 19.1. The van der Waals surface area contributed by atoms with Gasteiger partial charge in [0.25, 0.3) is 5.91 Å². The molecule has 1 amide bonds. The lowest BCUT2D eigenvalue weighted by atomic mass is 10.3. The van der Waals surface area contributed by atoms with E-state index in [9.17, 15) is 9.18 Å². The normalized spacial score (nSPS) is 10.5. The van der Waals surface area contributed by atoms with Gasteiger partial charge in [-0.25, -0.2) is 9.37 Å². The van der Waals surface area contributed by atoms with Gasteiger partial charge in [0.05, 0.1) is 11.9 Å². The number of rotatable bonds is 4. The van der Waals surface area contributed by atoms with Gasteiger partial charge in [-0.05, 0) is 49.4 Å². The van der Waals surface area contributed by atoms with E-state index < -0.39 is 0 Å². The number of halogens is 1. The Morgan fingerprint density at radius 1 is 1.12 bits per heavy atom. The molecule has 3 rings (SSSR count). The molecule has 0 aliphatic carbocycles. The molecule has 122 valence electrons. The van der Waals surface area contributed by atoms with E-state index in [0.29, 0.717) is 23.0 Å². The van der Waals surface area contributed by atoms with Gasteiger partial charge < -0.3 is 14.6 Å². The van der Waals surface area contributed by atoms with E-state index in [2.05, 4.69) is 10.3 Å². The number of nitrogens with one attached hydrogen (secondary N) is 1. The van der Waals surface area contributed by atoms with Crippen molar-refractivity contribution in [2.45, 2.75) is 6.92 Å². The smallest absolute Gasteiger partial charge is 0.272 e. The third-order valence-electron chi connectivity index (χ3n) is 3.64. The lowest BCUT2D eigenvalue weighted by Crippen LogP contribution is -2.16. The molecule has 2 aromatic heterocycles. The van der Waals surface area contributed by atoms with Gasteiger partial charge in [0, 0.05) is 18.8 Å². The molecule has 0 saturated carbocycles. The van der Waals surface area contributed by atoms with E-state index in [4.69, 9.17) is 4.74 Å². The number of benzene rings is 1. The minimum Gasteiger partial charge on any atom is -0.439 e. The zero-order chi connectivity index (χ0) is 17.1. The first-order chi connectivity index (χ1) is 11.5. The van der Waals surface area contributed by atoms with Crippen molar-refractivity contribution < 1.29 is 13.9 Å². The number of aromatic nitrogens is 2. The standard InChI is InChI=1S/C18H16FN3O2/c1-12-3-9-16(22(12)2)18(23)21-14-6-10-17(20-11-14)24-15-7-4-13(19)5-8-15/h3-11H,1-2H3,(H,21,23). The van der Waals surface area contributed by atoms with Crippen LogP contribution in [0.5, 0.6) is 11.6 Å². The van der Waals surface area contributed by atoms with Crippen LogP contribution in [-0.2, 0) is 7.05 Å². The number of pyridine rings is 1. The van der Waals surface area contributed by atoms with Crippen LogP contribution >= 0.6 is 0 Å². The Kier molecular flexibility index (Phi) is 4.29. The van der Waals surface area contributed by atoms with Crippen LogP contribution in [-0.4, -0.2) is 15.5 Å². The van der Waals surface area contributed by atoms with Crippen molar-refractivity contribution in [3.05, 3.63) is 71.9 Å². The Morgan fingerprint density at radius 3 is 2.46 bits per heavy atom. The van der Waals surface area contributed by atoms with Gasteiger partial charge in [0.2, 0.25) is 5.88 Å². The van der Waals surface area contributed by atoms with Crippen molar-refractivity contribution in [3.63, 3.8) is 0 Å².